The molecule has 0 unspecified atom stereocenters. The van der Waals surface area contributed by atoms with E-state index in [9.17, 15) is 10.1 Å². The molecule has 1 fully saturated rings. The molecule has 0 radical (unpaired) electrons. The number of nitriles is 1. The van der Waals surface area contributed by atoms with E-state index in [1.165, 1.54) is 0 Å². The van der Waals surface area contributed by atoms with Gasteiger partial charge in [-0.1, -0.05) is 42.5 Å². The number of hydrazone groups is 1. The first-order valence-corrected chi connectivity index (χ1v) is 10.1. The summed E-state index contributed by atoms with van der Waals surface area (Å²) in [6.45, 7) is 4.07. The molecule has 1 aromatic heterocycles. The standard InChI is InChI=1S/C23H23N7O/c1-29-10-12-30(13-11-29)19-9-5-6-17(14-19)16-25-28-23-26-21(18-7-3-2-4-8-18)20(15-24)22(31)27-23/h2-9,14,16H,10-13H2,1H3,(H2,26,27,28,31). The van der Waals surface area contributed by atoms with Crippen LogP contribution in [-0.4, -0.2) is 54.3 Å². The van der Waals surface area contributed by atoms with Crippen LogP contribution in [0.1, 0.15) is 11.1 Å². The highest BCUT2D eigenvalue weighted by Gasteiger charge is 2.14. The number of piperazine rings is 1. The zero-order valence-electron chi connectivity index (χ0n) is 17.2. The molecule has 8 heteroatoms. The molecule has 1 saturated heterocycles. The summed E-state index contributed by atoms with van der Waals surface area (Å²) in [7, 11) is 2.14. The number of anilines is 2. The van der Waals surface area contributed by atoms with Gasteiger partial charge in [-0.05, 0) is 24.7 Å². The Morgan fingerprint density at radius 1 is 1.13 bits per heavy atom. The van der Waals surface area contributed by atoms with Crippen LogP contribution in [-0.2, 0) is 0 Å². The Bertz CT molecular complexity index is 1170. The molecule has 3 aromatic rings. The molecule has 0 saturated carbocycles. The van der Waals surface area contributed by atoms with Crippen LogP contribution in [0.3, 0.4) is 0 Å². The molecule has 1 aliphatic heterocycles. The predicted molar refractivity (Wildman–Crippen MR) is 122 cm³/mol. The summed E-state index contributed by atoms with van der Waals surface area (Å²) in [5, 5.41) is 13.6. The average molecular weight is 413 g/mol. The summed E-state index contributed by atoms with van der Waals surface area (Å²) in [6.07, 6.45) is 1.68. The van der Waals surface area contributed by atoms with Crippen LogP contribution in [0.5, 0.6) is 0 Å². The van der Waals surface area contributed by atoms with Crippen molar-refractivity contribution in [3.05, 3.63) is 76.1 Å². The topological polar surface area (TPSA) is 100 Å². The van der Waals surface area contributed by atoms with Gasteiger partial charge < -0.3 is 9.80 Å². The molecular formula is C23H23N7O. The van der Waals surface area contributed by atoms with Gasteiger partial charge in [-0.15, -0.1) is 0 Å². The van der Waals surface area contributed by atoms with Crippen LogP contribution in [0.4, 0.5) is 11.6 Å². The van der Waals surface area contributed by atoms with E-state index in [-0.39, 0.29) is 11.5 Å². The van der Waals surface area contributed by atoms with Crippen molar-refractivity contribution in [2.24, 2.45) is 5.10 Å². The maximum Gasteiger partial charge on any atom is 0.270 e. The molecule has 4 rings (SSSR count). The van der Waals surface area contributed by atoms with Gasteiger partial charge in [-0.25, -0.2) is 10.4 Å². The van der Waals surface area contributed by atoms with Gasteiger partial charge in [0.05, 0.1) is 11.9 Å². The number of benzene rings is 2. The molecule has 1 aliphatic rings. The number of aromatic amines is 1. The quantitative estimate of drug-likeness (QED) is 0.492. The average Bonchev–Trinajstić information content (AvgIpc) is 2.80. The van der Waals surface area contributed by atoms with E-state index in [4.69, 9.17) is 0 Å². The van der Waals surface area contributed by atoms with E-state index >= 15 is 0 Å². The van der Waals surface area contributed by atoms with Gasteiger partial charge in [0.25, 0.3) is 5.56 Å². The number of H-pyrrole nitrogens is 1. The Morgan fingerprint density at radius 2 is 1.90 bits per heavy atom. The second-order valence-corrected chi connectivity index (χ2v) is 7.37. The van der Waals surface area contributed by atoms with Crippen LogP contribution in [0.15, 0.2) is 64.5 Å². The molecule has 2 N–H and O–H groups in total. The lowest BCUT2D eigenvalue weighted by Crippen LogP contribution is -2.44. The van der Waals surface area contributed by atoms with Crippen molar-refractivity contribution >= 4 is 17.9 Å². The van der Waals surface area contributed by atoms with Crippen molar-refractivity contribution in [3.8, 4) is 17.3 Å². The molecule has 8 nitrogen and oxygen atoms in total. The van der Waals surface area contributed by atoms with Crippen molar-refractivity contribution < 1.29 is 0 Å². The minimum Gasteiger partial charge on any atom is -0.369 e. The molecule has 0 atom stereocenters. The van der Waals surface area contributed by atoms with Gasteiger partial charge in [0.15, 0.2) is 0 Å². The summed E-state index contributed by atoms with van der Waals surface area (Å²) < 4.78 is 0. The first-order chi connectivity index (χ1) is 15.1. The van der Waals surface area contributed by atoms with Crippen molar-refractivity contribution in [2.75, 3.05) is 43.6 Å². The highest BCUT2D eigenvalue weighted by molar-refractivity contribution is 5.82. The number of nitrogens with zero attached hydrogens (tertiary/aromatic N) is 5. The third-order valence-corrected chi connectivity index (χ3v) is 5.20. The fraction of sp³-hybridized carbons (Fsp3) is 0.217. The highest BCUT2D eigenvalue weighted by atomic mass is 16.1. The summed E-state index contributed by atoms with van der Waals surface area (Å²) in [4.78, 5) is 24.0. The summed E-state index contributed by atoms with van der Waals surface area (Å²) >= 11 is 0. The van der Waals surface area contributed by atoms with Crippen LogP contribution >= 0.6 is 0 Å². The maximum atomic E-state index is 12.3. The summed E-state index contributed by atoms with van der Waals surface area (Å²) in [5.74, 6) is 0.175. The zero-order valence-corrected chi connectivity index (χ0v) is 17.2. The molecule has 156 valence electrons. The van der Waals surface area contributed by atoms with Crippen LogP contribution in [0.2, 0.25) is 0 Å². The molecular weight excluding hydrogens is 390 g/mol. The number of likely N-dealkylation sites (N-methyl/N-ethyl adjacent to an activating group) is 1. The van der Waals surface area contributed by atoms with Crippen molar-refractivity contribution in [3.63, 3.8) is 0 Å². The van der Waals surface area contributed by atoms with Gasteiger partial charge in [0.1, 0.15) is 11.6 Å². The van der Waals surface area contributed by atoms with E-state index in [1.807, 2.05) is 36.4 Å². The summed E-state index contributed by atoms with van der Waals surface area (Å²) in [6, 6.07) is 19.2. The van der Waals surface area contributed by atoms with E-state index in [1.54, 1.807) is 18.3 Å². The first-order valence-electron chi connectivity index (χ1n) is 10.1. The molecule has 2 heterocycles. The fourth-order valence-corrected chi connectivity index (χ4v) is 3.47. The third-order valence-electron chi connectivity index (χ3n) is 5.20. The minimum atomic E-state index is -0.508. The Labute approximate surface area is 180 Å². The molecule has 0 spiro atoms. The minimum absolute atomic E-state index is 0.0272. The van der Waals surface area contributed by atoms with Crippen LogP contribution in [0.25, 0.3) is 11.3 Å². The van der Waals surface area contributed by atoms with Gasteiger partial charge in [-0.3, -0.25) is 9.78 Å². The first kappa shape index (κ1) is 20.3. The Balaban J connectivity index is 1.52. The zero-order chi connectivity index (χ0) is 21.6. The molecule has 0 amide bonds. The Kier molecular flexibility index (Phi) is 6.05. The SMILES string of the molecule is CN1CCN(c2cccc(C=NNc3nc(-c4ccccc4)c(C#N)c(=O)[nH]3)c2)CC1. The second kappa shape index (κ2) is 9.24. The van der Waals surface area contributed by atoms with Crippen molar-refractivity contribution in [1.29, 1.82) is 5.26 Å². The second-order valence-electron chi connectivity index (χ2n) is 7.37. The molecule has 2 aromatic carbocycles. The number of rotatable bonds is 5. The summed E-state index contributed by atoms with van der Waals surface area (Å²) in [5.41, 5.74) is 5.34. The van der Waals surface area contributed by atoms with Crippen molar-refractivity contribution in [1.82, 2.24) is 14.9 Å². The molecule has 0 bridgehead atoms. The lowest BCUT2D eigenvalue weighted by atomic mass is 10.1. The van der Waals surface area contributed by atoms with Crippen molar-refractivity contribution in [2.45, 2.75) is 0 Å². The number of hydrogen-bond acceptors (Lipinski definition) is 7. The lowest BCUT2D eigenvalue weighted by Gasteiger charge is -2.34. The Hall–Kier alpha value is -3.96. The number of aromatic nitrogens is 2. The molecule has 0 aliphatic carbocycles. The molecule has 31 heavy (non-hydrogen) atoms. The van der Waals surface area contributed by atoms with E-state index in [0.29, 0.717) is 11.3 Å². The van der Waals surface area contributed by atoms with E-state index in [0.717, 1.165) is 37.4 Å². The maximum absolute atomic E-state index is 12.3. The van der Waals surface area contributed by atoms with Gasteiger partial charge in [0.2, 0.25) is 5.95 Å². The number of hydrogen-bond donors (Lipinski definition) is 2. The van der Waals surface area contributed by atoms with Gasteiger partial charge in [-0.2, -0.15) is 10.4 Å². The number of nitrogens with one attached hydrogen (secondary N) is 2. The van der Waals surface area contributed by atoms with Crippen LogP contribution in [0, 0.1) is 11.3 Å². The van der Waals surface area contributed by atoms with Crippen LogP contribution < -0.4 is 15.9 Å². The highest BCUT2D eigenvalue weighted by Crippen LogP contribution is 2.20. The normalized spacial score (nSPS) is 14.5. The van der Waals surface area contributed by atoms with Gasteiger partial charge >= 0.3 is 0 Å². The van der Waals surface area contributed by atoms with Gasteiger partial charge in [0, 0.05) is 37.4 Å². The third kappa shape index (κ3) is 4.79. The smallest absolute Gasteiger partial charge is 0.270 e. The largest absolute Gasteiger partial charge is 0.369 e. The Morgan fingerprint density at radius 3 is 2.65 bits per heavy atom. The lowest BCUT2D eigenvalue weighted by molar-refractivity contribution is 0.313. The van der Waals surface area contributed by atoms with E-state index < -0.39 is 5.56 Å². The fourth-order valence-electron chi connectivity index (χ4n) is 3.47. The van der Waals surface area contributed by atoms with E-state index in [2.05, 4.69) is 49.5 Å². The predicted octanol–water partition coefficient (Wildman–Crippen LogP) is 2.51. The monoisotopic (exact) mass is 413 g/mol.